The van der Waals surface area contributed by atoms with Crippen molar-refractivity contribution in [1.82, 2.24) is 9.21 Å². The van der Waals surface area contributed by atoms with Crippen molar-refractivity contribution >= 4 is 10.0 Å². The molecule has 5 heteroatoms. The molecule has 4 nitrogen and oxygen atoms in total. The smallest absolute Gasteiger partial charge is 0.217 e. The van der Waals surface area contributed by atoms with Gasteiger partial charge in [0.2, 0.25) is 10.0 Å². The number of piperidine rings is 1. The highest BCUT2D eigenvalue weighted by Gasteiger charge is 2.53. The molecule has 3 aliphatic rings. The van der Waals surface area contributed by atoms with Crippen LogP contribution >= 0.6 is 0 Å². The molecule has 1 aromatic rings. The van der Waals surface area contributed by atoms with E-state index in [1.807, 2.05) is 0 Å². The number of fused-ring (bicyclic) bond motifs is 1. The van der Waals surface area contributed by atoms with Gasteiger partial charge in [0.05, 0.1) is 5.25 Å². The number of nitrogens with zero attached hydrogens (tertiary/aromatic N) is 2. The van der Waals surface area contributed by atoms with E-state index in [-0.39, 0.29) is 10.7 Å². The van der Waals surface area contributed by atoms with Crippen molar-refractivity contribution in [2.45, 2.75) is 42.4 Å². The number of rotatable bonds is 3. The van der Waals surface area contributed by atoms with E-state index < -0.39 is 10.0 Å². The van der Waals surface area contributed by atoms with E-state index >= 15 is 0 Å². The van der Waals surface area contributed by atoms with E-state index in [0.717, 1.165) is 32.2 Å². The van der Waals surface area contributed by atoms with Crippen molar-refractivity contribution < 1.29 is 8.42 Å². The number of likely N-dealkylation sites (tertiary alicyclic amines) is 1. The maximum Gasteiger partial charge on any atom is 0.217 e. The average Bonchev–Trinajstić information content (AvgIpc) is 3.34. The molecule has 0 radical (unpaired) electrons. The van der Waals surface area contributed by atoms with Crippen molar-refractivity contribution in [3.05, 3.63) is 35.9 Å². The van der Waals surface area contributed by atoms with Gasteiger partial charge in [-0.3, -0.25) is 0 Å². The molecule has 2 heterocycles. The predicted octanol–water partition coefficient (Wildman–Crippen LogP) is 1.83. The second-order valence-electron chi connectivity index (χ2n) is 7.12. The van der Waals surface area contributed by atoms with Crippen LogP contribution in [0.25, 0.3) is 0 Å². The van der Waals surface area contributed by atoms with Crippen LogP contribution in [-0.2, 0) is 15.4 Å². The second kappa shape index (κ2) is 5.05. The fraction of sp³-hybridized carbons (Fsp3) is 0.647. The van der Waals surface area contributed by atoms with Gasteiger partial charge in [-0.25, -0.2) is 12.7 Å². The monoisotopic (exact) mass is 320 g/mol. The summed E-state index contributed by atoms with van der Waals surface area (Å²) in [6, 6.07) is 11.0. The number of hydrogen-bond acceptors (Lipinski definition) is 3. The Bertz CT molecular complexity index is 656. The topological polar surface area (TPSA) is 40.6 Å². The standard InChI is InChI=1S/C17H24N2O2S/c1-18-11-9-17(14-5-3-2-4-6-14)10-12-19(13-16(17)18)22(20,21)15-7-8-15/h2-6,15-16H,7-13H2,1H3. The van der Waals surface area contributed by atoms with Gasteiger partial charge in [-0.2, -0.15) is 0 Å². The van der Waals surface area contributed by atoms with Gasteiger partial charge in [0, 0.05) is 24.5 Å². The van der Waals surface area contributed by atoms with Gasteiger partial charge in [0.15, 0.2) is 0 Å². The van der Waals surface area contributed by atoms with Crippen LogP contribution in [0.5, 0.6) is 0 Å². The van der Waals surface area contributed by atoms with Gasteiger partial charge in [0.1, 0.15) is 0 Å². The lowest BCUT2D eigenvalue weighted by Crippen LogP contribution is -2.56. The van der Waals surface area contributed by atoms with Crippen LogP contribution in [-0.4, -0.2) is 55.6 Å². The molecule has 1 aliphatic carbocycles. The quantitative estimate of drug-likeness (QED) is 0.853. The summed E-state index contributed by atoms with van der Waals surface area (Å²) < 4.78 is 27.0. The van der Waals surface area contributed by atoms with Crippen molar-refractivity contribution in [3.63, 3.8) is 0 Å². The molecule has 2 unspecified atom stereocenters. The molecule has 0 bridgehead atoms. The number of sulfonamides is 1. The van der Waals surface area contributed by atoms with Crippen LogP contribution in [0.1, 0.15) is 31.2 Å². The minimum Gasteiger partial charge on any atom is -0.301 e. The van der Waals surface area contributed by atoms with Crippen LogP contribution in [0.2, 0.25) is 0 Å². The minimum atomic E-state index is -3.05. The Morgan fingerprint density at radius 3 is 2.45 bits per heavy atom. The Labute approximate surface area is 133 Å². The number of hydrogen-bond donors (Lipinski definition) is 0. The fourth-order valence-electron chi connectivity index (χ4n) is 4.39. The summed E-state index contributed by atoms with van der Waals surface area (Å²) in [7, 11) is -0.912. The van der Waals surface area contributed by atoms with E-state index in [4.69, 9.17) is 0 Å². The summed E-state index contributed by atoms with van der Waals surface area (Å²) in [5.74, 6) is 0. The van der Waals surface area contributed by atoms with Crippen LogP contribution in [0.15, 0.2) is 30.3 Å². The lowest BCUT2D eigenvalue weighted by molar-refractivity contribution is 0.147. The zero-order valence-corrected chi connectivity index (χ0v) is 13.9. The van der Waals surface area contributed by atoms with Gasteiger partial charge in [0.25, 0.3) is 0 Å². The third-order valence-corrected chi connectivity index (χ3v) is 8.28. The Hall–Kier alpha value is -0.910. The molecule has 0 N–H and O–H groups in total. The van der Waals surface area contributed by atoms with Crippen molar-refractivity contribution in [1.29, 1.82) is 0 Å². The molecular formula is C17H24N2O2S. The Morgan fingerprint density at radius 1 is 1.09 bits per heavy atom. The molecule has 2 saturated heterocycles. The maximum absolute atomic E-state index is 12.6. The van der Waals surface area contributed by atoms with Gasteiger partial charge in [-0.05, 0) is 44.8 Å². The highest BCUT2D eigenvalue weighted by Crippen LogP contribution is 2.46. The summed E-state index contributed by atoms with van der Waals surface area (Å²) in [5.41, 5.74) is 1.51. The first-order chi connectivity index (χ1) is 10.5. The maximum atomic E-state index is 12.6. The first kappa shape index (κ1) is 14.7. The van der Waals surface area contributed by atoms with Crippen LogP contribution in [0.4, 0.5) is 0 Å². The first-order valence-corrected chi connectivity index (χ1v) is 9.79. The molecule has 2 atom stereocenters. The first-order valence-electron chi connectivity index (χ1n) is 8.29. The average molecular weight is 320 g/mol. The van der Waals surface area contributed by atoms with Gasteiger partial charge >= 0.3 is 0 Å². The Balaban J connectivity index is 1.66. The van der Waals surface area contributed by atoms with Gasteiger partial charge in [-0.15, -0.1) is 0 Å². The second-order valence-corrected chi connectivity index (χ2v) is 9.33. The SMILES string of the molecule is CN1CCC2(c3ccccc3)CCN(S(=O)(=O)C3CC3)CC12. The van der Waals surface area contributed by atoms with Crippen LogP contribution in [0, 0.1) is 0 Å². The third-order valence-electron chi connectivity index (χ3n) is 5.92. The van der Waals surface area contributed by atoms with Gasteiger partial charge in [-0.1, -0.05) is 30.3 Å². The molecule has 1 saturated carbocycles. The van der Waals surface area contributed by atoms with E-state index in [1.165, 1.54) is 5.56 Å². The van der Waals surface area contributed by atoms with E-state index in [0.29, 0.717) is 19.1 Å². The minimum absolute atomic E-state index is 0.0940. The highest BCUT2D eigenvalue weighted by atomic mass is 32.2. The summed E-state index contributed by atoms with van der Waals surface area (Å²) in [6.45, 7) is 2.39. The van der Waals surface area contributed by atoms with Crippen molar-refractivity contribution in [3.8, 4) is 0 Å². The predicted molar refractivity (Wildman–Crippen MR) is 87.3 cm³/mol. The zero-order chi connectivity index (χ0) is 15.4. The third kappa shape index (κ3) is 2.14. The molecule has 3 fully saturated rings. The fourth-order valence-corrected chi connectivity index (χ4v) is 6.24. The molecule has 22 heavy (non-hydrogen) atoms. The lowest BCUT2D eigenvalue weighted by atomic mass is 9.70. The van der Waals surface area contributed by atoms with Crippen molar-refractivity contribution in [2.75, 3.05) is 26.7 Å². The number of benzene rings is 1. The Morgan fingerprint density at radius 2 is 1.77 bits per heavy atom. The Kier molecular flexibility index (Phi) is 3.36. The molecular weight excluding hydrogens is 296 g/mol. The molecule has 120 valence electrons. The van der Waals surface area contributed by atoms with Crippen molar-refractivity contribution in [2.24, 2.45) is 0 Å². The summed E-state index contributed by atoms with van der Waals surface area (Å²) in [4.78, 5) is 2.36. The molecule has 1 aromatic carbocycles. The molecule has 4 rings (SSSR count). The van der Waals surface area contributed by atoms with Gasteiger partial charge < -0.3 is 4.90 Å². The molecule has 0 amide bonds. The number of likely N-dealkylation sites (N-methyl/N-ethyl adjacent to an activating group) is 1. The normalized spacial score (nSPS) is 33.8. The van der Waals surface area contributed by atoms with E-state index in [9.17, 15) is 8.42 Å². The van der Waals surface area contributed by atoms with E-state index in [1.54, 1.807) is 4.31 Å². The lowest BCUT2D eigenvalue weighted by Gasteiger charge is -2.45. The molecule has 2 aliphatic heterocycles. The van der Waals surface area contributed by atoms with Crippen LogP contribution in [0.3, 0.4) is 0 Å². The summed E-state index contributed by atoms with van der Waals surface area (Å²) in [5, 5.41) is -0.0940. The summed E-state index contributed by atoms with van der Waals surface area (Å²) in [6.07, 6.45) is 3.78. The zero-order valence-electron chi connectivity index (χ0n) is 13.1. The molecule has 0 spiro atoms. The summed E-state index contributed by atoms with van der Waals surface area (Å²) >= 11 is 0. The van der Waals surface area contributed by atoms with E-state index in [2.05, 4.69) is 42.3 Å². The molecule has 0 aromatic heterocycles. The largest absolute Gasteiger partial charge is 0.301 e. The van der Waals surface area contributed by atoms with Crippen LogP contribution < -0.4 is 0 Å². The highest BCUT2D eigenvalue weighted by molar-refractivity contribution is 7.90.